The van der Waals surface area contributed by atoms with Gasteiger partial charge in [0.05, 0.1) is 23.2 Å². The van der Waals surface area contributed by atoms with Crippen molar-refractivity contribution in [1.82, 2.24) is 10.3 Å². The van der Waals surface area contributed by atoms with Crippen molar-refractivity contribution in [1.29, 1.82) is 0 Å². The van der Waals surface area contributed by atoms with Crippen LogP contribution in [0.15, 0.2) is 36.5 Å². The molecule has 1 aromatic heterocycles. The summed E-state index contributed by atoms with van der Waals surface area (Å²) in [6.07, 6.45) is 3.02. The summed E-state index contributed by atoms with van der Waals surface area (Å²) >= 11 is 6.60. The average molecular weight is 504 g/mol. The molecular formula is C27H38ClN3O4. The summed E-state index contributed by atoms with van der Waals surface area (Å²) in [6.45, 7) is 13.4. The molecule has 3 rings (SSSR count). The highest BCUT2D eigenvalue weighted by molar-refractivity contribution is 6.32. The number of ether oxygens (including phenoxy) is 3. The minimum Gasteiger partial charge on any atom is -0.490 e. The number of halogens is 1. The number of benzene rings is 1. The van der Waals surface area contributed by atoms with E-state index in [0.717, 1.165) is 36.4 Å². The van der Waals surface area contributed by atoms with Crippen LogP contribution in [-0.2, 0) is 9.47 Å². The van der Waals surface area contributed by atoms with Gasteiger partial charge in [0, 0.05) is 12.8 Å². The first kappa shape index (κ1) is 27.1. The molecule has 0 bridgehead atoms. The van der Waals surface area contributed by atoms with Crippen molar-refractivity contribution in [2.24, 2.45) is 5.92 Å². The number of pyridine rings is 1. The number of hydrogen-bond donors (Lipinski definition) is 2. The SMILES string of the molecule is CC(C)CC(C)(COc1ccc(-c2ccnc(NC3CCOC3)c2)cc1Cl)NC(=O)OC(C)(C)C. The van der Waals surface area contributed by atoms with E-state index in [0.29, 0.717) is 23.3 Å². The van der Waals surface area contributed by atoms with E-state index in [1.807, 2.05) is 58.0 Å². The van der Waals surface area contributed by atoms with Crippen LogP contribution in [0.1, 0.15) is 54.4 Å². The first-order valence-corrected chi connectivity index (χ1v) is 12.5. The Bertz CT molecular complexity index is 1000. The Morgan fingerprint density at radius 1 is 1.20 bits per heavy atom. The fourth-order valence-electron chi connectivity index (χ4n) is 4.18. The summed E-state index contributed by atoms with van der Waals surface area (Å²) in [5.74, 6) is 1.72. The van der Waals surface area contributed by atoms with E-state index in [2.05, 4.69) is 29.5 Å². The topological polar surface area (TPSA) is 81.7 Å². The molecule has 0 radical (unpaired) electrons. The molecule has 2 N–H and O–H groups in total. The molecule has 1 aliphatic rings. The molecule has 192 valence electrons. The van der Waals surface area contributed by atoms with Gasteiger partial charge in [-0.1, -0.05) is 31.5 Å². The maximum absolute atomic E-state index is 12.4. The molecule has 0 aliphatic carbocycles. The highest BCUT2D eigenvalue weighted by Gasteiger charge is 2.31. The molecule has 0 saturated carbocycles. The summed E-state index contributed by atoms with van der Waals surface area (Å²) in [7, 11) is 0. The summed E-state index contributed by atoms with van der Waals surface area (Å²) in [5.41, 5.74) is 0.780. The number of alkyl carbamates (subject to hydrolysis) is 1. The fraction of sp³-hybridized carbons (Fsp3) is 0.556. The number of rotatable bonds is 9. The van der Waals surface area contributed by atoms with Crippen molar-refractivity contribution in [2.75, 3.05) is 25.1 Å². The van der Waals surface area contributed by atoms with Crippen LogP contribution >= 0.6 is 11.6 Å². The Morgan fingerprint density at radius 3 is 2.57 bits per heavy atom. The Hall–Kier alpha value is -2.51. The average Bonchev–Trinajstić information content (AvgIpc) is 3.24. The minimum atomic E-state index is -0.617. The van der Waals surface area contributed by atoms with Gasteiger partial charge in [0.15, 0.2) is 0 Å². The lowest BCUT2D eigenvalue weighted by Gasteiger charge is -2.33. The second-order valence-corrected chi connectivity index (χ2v) is 11.3. The molecule has 0 spiro atoms. The first-order chi connectivity index (χ1) is 16.4. The minimum absolute atomic E-state index is 0.260. The molecular weight excluding hydrogens is 466 g/mol. The Kier molecular flexibility index (Phi) is 8.89. The largest absolute Gasteiger partial charge is 0.490 e. The van der Waals surface area contributed by atoms with Crippen molar-refractivity contribution >= 4 is 23.5 Å². The zero-order chi connectivity index (χ0) is 25.6. The van der Waals surface area contributed by atoms with Gasteiger partial charge >= 0.3 is 6.09 Å². The predicted molar refractivity (Wildman–Crippen MR) is 140 cm³/mol. The van der Waals surface area contributed by atoms with Crippen molar-refractivity contribution in [3.8, 4) is 16.9 Å². The van der Waals surface area contributed by atoms with Crippen molar-refractivity contribution in [3.63, 3.8) is 0 Å². The van der Waals surface area contributed by atoms with E-state index in [9.17, 15) is 4.79 Å². The van der Waals surface area contributed by atoms with Gasteiger partial charge < -0.3 is 24.8 Å². The quantitative estimate of drug-likeness (QED) is 0.417. The molecule has 2 atom stereocenters. The normalized spacial score (nSPS) is 17.7. The zero-order valence-electron chi connectivity index (χ0n) is 21.6. The molecule has 7 nitrogen and oxygen atoms in total. The number of anilines is 1. The van der Waals surface area contributed by atoms with Crippen LogP contribution in [0.4, 0.5) is 10.6 Å². The van der Waals surface area contributed by atoms with Crippen LogP contribution in [0.3, 0.4) is 0 Å². The van der Waals surface area contributed by atoms with Crippen molar-refractivity contribution in [2.45, 2.75) is 71.6 Å². The molecule has 1 saturated heterocycles. The number of amides is 1. The maximum Gasteiger partial charge on any atom is 0.408 e. The predicted octanol–water partition coefficient (Wildman–Crippen LogP) is 6.31. The third kappa shape index (κ3) is 8.58. The van der Waals surface area contributed by atoms with Crippen LogP contribution in [0, 0.1) is 5.92 Å². The van der Waals surface area contributed by atoms with Gasteiger partial charge in [-0.3, -0.25) is 0 Å². The first-order valence-electron chi connectivity index (χ1n) is 12.2. The Balaban J connectivity index is 1.68. The highest BCUT2D eigenvalue weighted by Crippen LogP contribution is 2.32. The van der Waals surface area contributed by atoms with Gasteiger partial charge in [0.2, 0.25) is 0 Å². The highest BCUT2D eigenvalue weighted by atomic mass is 35.5. The van der Waals surface area contributed by atoms with Crippen molar-refractivity contribution < 1.29 is 19.0 Å². The van der Waals surface area contributed by atoms with E-state index >= 15 is 0 Å². The zero-order valence-corrected chi connectivity index (χ0v) is 22.4. The summed E-state index contributed by atoms with van der Waals surface area (Å²) < 4.78 is 17.0. The number of nitrogens with zero attached hydrogens (tertiary/aromatic N) is 1. The lowest BCUT2D eigenvalue weighted by molar-refractivity contribution is 0.0408. The molecule has 8 heteroatoms. The van der Waals surface area contributed by atoms with Gasteiger partial charge in [0.25, 0.3) is 0 Å². The van der Waals surface area contributed by atoms with Gasteiger partial charge in [-0.2, -0.15) is 0 Å². The second kappa shape index (κ2) is 11.5. The standard InChI is InChI=1S/C27H38ClN3O4/c1-18(2)15-27(6,31-25(32)35-26(3,4)5)17-34-23-8-7-19(13-22(23)28)20-9-11-29-24(14-20)30-21-10-12-33-16-21/h7-9,11,13-14,18,21H,10,12,15-17H2,1-6H3,(H,29,30)(H,31,32). The number of carbonyl (C=O) groups is 1. The summed E-state index contributed by atoms with van der Waals surface area (Å²) in [5, 5.41) is 6.91. The Morgan fingerprint density at radius 2 is 1.94 bits per heavy atom. The fourth-order valence-corrected chi connectivity index (χ4v) is 4.41. The second-order valence-electron chi connectivity index (χ2n) is 10.9. The molecule has 2 heterocycles. The number of carbonyl (C=O) groups excluding carboxylic acids is 1. The van der Waals surface area contributed by atoms with E-state index in [-0.39, 0.29) is 12.6 Å². The van der Waals surface area contributed by atoms with Gasteiger partial charge in [0.1, 0.15) is 23.8 Å². The van der Waals surface area contributed by atoms with Crippen LogP contribution in [0.2, 0.25) is 5.02 Å². The van der Waals surface area contributed by atoms with E-state index in [1.54, 1.807) is 6.20 Å². The van der Waals surface area contributed by atoms with E-state index < -0.39 is 17.2 Å². The number of hydrogen-bond acceptors (Lipinski definition) is 6. The smallest absolute Gasteiger partial charge is 0.408 e. The van der Waals surface area contributed by atoms with Gasteiger partial charge in [-0.25, -0.2) is 9.78 Å². The van der Waals surface area contributed by atoms with Gasteiger partial charge in [-0.15, -0.1) is 0 Å². The third-order valence-corrected chi connectivity index (χ3v) is 5.81. The molecule has 1 amide bonds. The molecule has 35 heavy (non-hydrogen) atoms. The lowest BCUT2D eigenvalue weighted by atomic mass is 9.91. The Labute approximate surface area is 213 Å². The van der Waals surface area contributed by atoms with Crippen molar-refractivity contribution in [3.05, 3.63) is 41.6 Å². The molecule has 2 unspecified atom stereocenters. The maximum atomic E-state index is 12.4. The molecule has 1 fully saturated rings. The lowest BCUT2D eigenvalue weighted by Crippen LogP contribution is -2.52. The van der Waals surface area contributed by atoms with Crippen LogP contribution < -0.4 is 15.4 Å². The summed E-state index contributed by atoms with van der Waals surface area (Å²) in [6, 6.07) is 9.96. The van der Waals surface area contributed by atoms with E-state index in [4.69, 9.17) is 25.8 Å². The third-order valence-electron chi connectivity index (χ3n) is 5.51. The molecule has 2 aromatic rings. The van der Waals surface area contributed by atoms with Crippen LogP contribution in [-0.4, -0.2) is 48.1 Å². The monoisotopic (exact) mass is 503 g/mol. The van der Waals surface area contributed by atoms with Crippen LogP contribution in [0.25, 0.3) is 11.1 Å². The van der Waals surface area contributed by atoms with Crippen LogP contribution in [0.5, 0.6) is 5.75 Å². The molecule has 1 aromatic carbocycles. The number of aromatic nitrogens is 1. The molecule has 1 aliphatic heterocycles. The van der Waals surface area contributed by atoms with E-state index in [1.165, 1.54) is 0 Å². The number of nitrogens with one attached hydrogen (secondary N) is 2. The van der Waals surface area contributed by atoms with Gasteiger partial charge in [-0.05, 0) is 81.8 Å². The summed E-state index contributed by atoms with van der Waals surface area (Å²) in [4.78, 5) is 16.9.